The second-order valence-electron chi connectivity index (χ2n) is 13.3. The number of ketones is 1. The van der Waals surface area contributed by atoms with Crippen molar-refractivity contribution in [1.29, 1.82) is 0 Å². The molecule has 2 aromatic rings. The second-order valence-corrected chi connectivity index (χ2v) is 17.7. The maximum Gasteiger partial charge on any atom is 0.330 e. The summed E-state index contributed by atoms with van der Waals surface area (Å²) in [5.74, 6) is -1.13. The number of rotatable bonds is 5. The summed E-state index contributed by atoms with van der Waals surface area (Å²) in [7, 11) is -2.81. The normalized spacial score (nSPS) is 26.3. The fourth-order valence-corrected chi connectivity index (χ4v) is 10.6. The molecule has 1 aliphatic rings. The summed E-state index contributed by atoms with van der Waals surface area (Å²) < 4.78 is 13.1. The smallest absolute Gasteiger partial charge is 0.330 e. The molecule has 0 aliphatic carbocycles. The van der Waals surface area contributed by atoms with Gasteiger partial charge in [0, 0.05) is 23.8 Å². The van der Waals surface area contributed by atoms with E-state index < -0.39 is 37.8 Å². The Morgan fingerprint density at radius 3 is 2.07 bits per heavy atom. The van der Waals surface area contributed by atoms with E-state index in [1.54, 1.807) is 26.8 Å². The molecule has 42 heavy (non-hydrogen) atoms. The van der Waals surface area contributed by atoms with Crippen molar-refractivity contribution in [2.45, 2.75) is 91.4 Å². The summed E-state index contributed by atoms with van der Waals surface area (Å²) in [6.45, 7) is 14.3. The third kappa shape index (κ3) is 8.18. The van der Waals surface area contributed by atoms with Gasteiger partial charge in [0.2, 0.25) is 0 Å². The average Bonchev–Trinajstić information content (AvgIpc) is 2.96. The Labute approximate surface area is 254 Å². The van der Waals surface area contributed by atoms with Crippen LogP contribution in [0.15, 0.2) is 85.0 Å². The maximum absolute atomic E-state index is 13.3. The molecular weight excluding hydrogens is 540 g/mol. The lowest BCUT2D eigenvalue weighted by molar-refractivity contribution is -0.144. The lowest BCUT2D eigenvalue weighted by atomic mass is 9.76. The largest absolute Gasteiger partial charge is 0.456 e. The number of cyclic esters (lactones) is 1. The van der Waals surface area contributed by atoms with Crippen LogP contribution in [0, 0.1) is 17.3 Å². The van der Waals surface area contributed by atoms with Gasteiger partial charge < -0.3 is 14.3 Å². The Morgan fingerprint density at radius 2 is 1.52 bits per heavy atom. The molecule has 1 aliphatic heterocycles. The highest BCUT2D eigenvalue weighted by atomic mass is 28.4. The van der Waals surface area contributed by atoms with Crippen molar-refractivity contribution in [1.82, 2.24) is 0 Å². The van der Waals surface area contributed by atoms with E-state index in [2.05, 4.69) is 81.5 Å². The molecule has 0 saturated carbocycles. The zero-order valence-corrected chi connectivity index (χ0v) is 27.5. The Hall–Kier alpha value is -2.80. The fraction of sp³-hybridized carbons (Fsp3) is 0.500. The lowest BCUT2D eigenvalue weighted by Crippen LogP contribution is -2.67. The van der Waals surface area contributed by atoms with Crippen molar-refractivity contribution >= 4 is 30.4 Å². The first-order valence-electron chi connectivity index (χ1n) is 15.3. The van der Waals surface area contributed by atoms with E-state index in [-0.39, 0.29) is 23.3 Å². The Kier molecular flexibility index (Phi) is 11.7. The molecule has 0 bridgehead atoms. The van der Waals surface area contributed by atoms with Gasteiger partial charge in [-0.15, -0.1) is 0 Å². The summed E-state index contributed by atoms with van der Waals surface area (Å²) in [5.41, 5.74) is -0.920. The molecule has 3 rings (SSSR count). The molecule has 0 saturated heterocycles. The number of allylic oxidation sites excluding steroid dienone is 2. The molecule has 0 radical (unpaired) electrons. The Bertz CT molecular complexity index is 1170. The molecule has 228 valence electrons. The molecule has 5 nitrogen and oxygen atoms in total. The van der Waals surface area contributed by atoms with Crippen LogP contribution in [0.2, 0.25) is 5.04 Å². The molecule has 0 spiro atoms. The predicted molar refractivity (Wildman–Crippen MR) is 173 cm³/mol. The first-order chi connectivity index (χ1) is 19.8. The molecule has 0 aromatic heterocycles. The van der Waals surface area contributed by atoms with Gasteiger partial charge >= 0.3 is 5.97 Å². The van der Waals surface area contributed by atoms with Gasteiger partial charge in [-0.3, -0.25) is 4.79 Å². The maximum atomic E-state index is 13.3. The molecule has 4 atom stereocenters. The number of ether oxygens (including phenoxy) is 1. The number of Topliss-reactive ketones (excluding diaryl/α,β-unsaturated/α-hetero) is 1. The van der Waals surface area contributed by atoms with Crippen LogP contribution < -0.4 is 10.4 Å². The van der Waals surface area contributed by atoms with Gasteiger partial charge in [-0.2, -0.15) is 0 Å². The standard InChI is InChI=1S/C36H50O5Si/c1-27-18-12-8-9-13-19-29(41-32(37)24-25-36(6,7)34(39)28(2)33(27)38)26-40-42(35(3,4)5,30-20-14-10-15-21-30)31-22-16-11-17-23-31/h9-11,13-17,20-25,27-29,33,38H,8,12,18-19,26H2,1-7H3/b13-9-,25-24+/t27-,28-,29-,33+/m0/s1. The predicted octanol–water partition coefficient (Wildman–Crippen LogP) is 6.39. The van der Waals surface area contributed by atoms with Gasteiger partial charge in [0.25, 0.3) is 8.32 Å². The minimum Gasteiger partial charge on any atom is -0.456 e. The highest BCUT2D eigenvalue weighted by molar-refractivity contribution is 6.99. The van der Waals surface area contributed by atoms with Crippen LogP contribution in [0.3, 0.4) is 0 Å². The monoisotopic (exact) mass is 590 g/mol. The number of benzene rings is 2. The third-order valence-corrected chi connectivity index (χ3v) is 13.6. The number of carbonyl (C=O) groups is 2. The number of aliphatic hydroxyl groups is 1. The first kappa shape index (κ1) is 33.7. The Balaban J connectivity index is 1.94. The molecule has 1 heterocycles. The molecule has 1 N–H and O–H groups in total. The number of carbonyl (C=O) groups excluding carboxylic acids is 2. The van der Waals surface area contributed by atoms with Gasteiger partial charge in [0.05, 0.1) is 12.7 Å². The van der Waals surface area contributed by atoms with E-state index in [0.717, 1.165) is 19.3 Å². The molecular formula is C36H50O5Si. The topological polar surface area (TPSA) is 72.8 Å². The van der Waals surface area contributed by atoms with Crippen molar-refractivity contribution in [2.75, 3.05) is 6.61 Å². The molecule has 0 amide bonds. The summed E-state index contributed by atoms with van der Waals surface area (Å²) in [4.78, 5) is 26.4. The van der Waals surface area contributed by atoms with Gasteiger partial charge in [0.15, 0.2) is 0 Å². The fourth-order valence-electron chi connectivity index (χ4n) is 6.02. The molecule has 0 fully saturated rings. The van der Waals surface area contributed by atoms with Crippen LogP contribution in [0.1, 0.15) is 74.1 Å². The zero-order valence-electron chi connectivity index (χ0n) is 26.5. The van der Waals surface area contributed by atoms with Gasteiger partial charge in [-0.05, 0) is 54.4 Å². The van der Waals surface area contributed by atoms with Crippen LogP contribution >= 0.6 is 0 Å². The van der Waals surface area contributed by atoms with Crippen LogP contribution in [0.4, 0.5) is 0 Å². The van der Waals surface area contributed by atoms with Gasteiger partial charge in [-0.1, -0.05) is 114 Å². The van der Waals surface area contributed by atoms with Gasteiger partial charge in [0.1, 0.15) is 11.9 Å². The van der Waals surface area contributed by atoms with E-state index in [1.807, 2.05) is 19.1 Å². The zero-order chi connectivity index (χ0) is 31.0. The number of esters is 1. The van der Waals surface area contributed by atoms with E-state index >= 15 is 0 Å². The van der Waals surface area contributed by atoms with Crippen molar-refractivity contribution in [3.8, 4) is 0 Å². The minimum atomic E-state index is -2.81. The summed E-state index contributed by atoms with van der Waals surface area (Å²) in [6, 6.07) is 20.9. The summed E-state index contributed by atoms with van der Waals surface area (Å²) >= 11 is 0. The molecule has 2 aromatic carbocycles. The van der Waals surface area contributed by atoms with Crippen molar-refractivity contribution in [3.63, 3.8) is 0 Å². The van der Waals surface area contributed by atoms with Crippen molar-refractivity contribution in [2.24, 2.45) is 17.3 Å². The molecule has 6 heteroatoms. The van der Waals surface area contributed by atoms with Crippen LogP contribution in [0.25, 0.3) is 0 Å². The quantitative estimate of drug-likeness (QED) is 0.248. The van der Waals surface area contributed by atoms with Crippen LogP contribution in [0.5, 0.6) is 0 Å². The molecule has 0 unspecified atom stereocenters. The first-order valence-corrected chi connectivity index (χ1v) is 17.2. The lowest BCUT2D eigenvalue weighted by Gasteiger charge is -2.43. The average molecular weight is 591 g/mol. The van der Waals surface area contributed by atoms with Crippen molar-refractivity contribution in [3.05, 3.63) is 85.0 Å². The van der Waals surface area contributed by atoms with Gasteiger partial charge in [-0.25, -0.2) is 4.79 Å². The SMILES string of the molecule is C[C@@H]1C(=O)C(C)(C)/C=C/C(=O)O[C@H](CO[Si](c2ccccc2)(c2ccccc2)C(C)(C)C)C/C=C\CCC[C@H](C)[C@H]1O. The van der Waals surface area contributed by atoms with E-state index in [4.69, 9.17) is 9.16 Å². The van der Waals surface area contributed by atoms with E-state index in [1.165, 1.54) is 16.4 Å². The second kappa shape index (κ2) is 14.6. The Morgan fingerprint density at radius 1 is 0.952 bits per heavy atom. The number of aliphatic hydroxyl groups excluding tert-OH is 1. The highest BCUT2D eigenvalue weighted by Crippen LogP contribution is 2.37. The highest BCUT2D eigenvalue weighted by Gasteiger charge is 2.50. The summed E-state index contributed by atoms with van der Waals surface area (Å²) in [6.07, 6.45) is 9.02. The van der Waals surface area contributed by atoms with Crippen molar-refractivity contribution < 1.29 is 23.9 Å². The van der Waals surface area contributed by atoms with E-state index in [0.29, 0.717) is 6.42 Å². The number of hydrogen-bond acceptors (Lipinski definition) is 5. The minimum absolute atomic E-state index is 0.00241. The van der Waals surface area contributed by atoms with Crippen LogP contribution in [-0.2, 0) is 18.8 Å². The number of hydrogen-bond donors (Lipinski definition) is 1. The van der Waals surface area contributed by atoms with Crippen LogP contribution in [-0.4, -0.2) is 44.0 Å². The van der Waals surface area contributed by atoms with E-state index in [9.17, 15) is 14.7 Å². The summed E-state index contributed by atoms with van der Waals surface area (Å²) in [5, 5.41) is 13.0. The third-order valence-electron chi connectivity index (χ3n) is 8.56.